The van der Waals surface area contributed by atoms with Crippen molar-refractivity contribution in [3.63, 3.8) is 0 Å². The summed E-state index contributed by atoms with van der Waals surface area (Å²) in [7, 11) is 0. The molecule has 0 unspecified atom stereocenters. The van der Waals surface area contributed by atoms with E-state index in [4.69, 9.17) is 0 Å². The molecule has 1 aromatic heterocycles. The molecule has 0 saturated carbocycles. The number of hydrogen-bond acceptors (Lipinski definition) is 3. The van der Waals surface area contributed by atoms with Gasteiger partial charge in [0.15, 0.2) is 0 Å². The number of carbonyl (C=O) groups excluding carboxylic acids is 1. The number of rotatable bonds is 6. The lowest BCUT2D eigenvalue weighted by Gasteiger charge is -2.13. The van der Waals surface area contributed by atoms with Crippen LogP contribution in [0.2, 0.25) is 0 Å². The summed E-state index contributed by atoms with van der Waals surface area (Å²) in [4.78, 5) is 13.1. The first kappa shape index (κ1) is 14.8. The normalized spacial score (nSPS) is 12.1. The van der Waals surface area contributed by atoms with Gasteiger partial charge in [-0.1, -0.05) is 37.3 Å². The summed E-state index contributed by atoms with van der Waals surface area (Å²) in [6, 6.07) is 12.3. The van der Waals surface area contributed by atoms with Gasteiger partial charge in [0, 0.05) is 18.2 Å². The second-order valence-electron chi connectivity index (χ2n) is 4.70. The van der Waals surface area contributed by atoms with Crippen LogP contribution in [0.15, 0.2) is 41.8 Å². The standard InChI is InChI=1S/C16H20N2OS/c1-3-17-12(2)11-18-16(19)15-14(9-10-20-15)13-7-5-4-6-8-13/h4-10,12,17H,3,11H2,1-2H3,(H,18,19)/t12-/m1/s1. The summed E-state index contributed by atoms with van der Waals surface area (Å²) < 4.78 is 0. The number of amides is 1. The first-order valence-electron chi connectivity index (χ1n) is 6.87. The molecule has 3 nitrogen and oxygen atoms in total. The first-order valence-corrected chi connectivity index (χ1v) is 7.74. The highest BCUT2D eigenvalue weighted by Crippen LogP contribution is 2.27. The fourth-order valence-electron chi connectivity index (χ4n) is 2.08. The molecule has 20 heavy (non-hydrogen) atoms. The maximum Gasteiger partial charge on any atom is 0.262 e. The van der Waals surface area contributed by atoms with Crippen molar-refractivity contribution in [2.45, 2.75) is 19.9 Å². The van der Waals surface area contributed by atoms with Gasteiger partial charge in [0.2, 0.25) is 0 Å². The highest BCUT2D eigenvalue weighted by molar-refractivity contribution is 7.12. The summed E-state index contributed by atoms with van der Waals surface area (Å²) in [5.74, 6) is 0.00334. The Hall–Kier alpha value is -1.65. The van der Waals surface area contributed by atoms with Crippen molar-refractivity contribution in [3.05, 3.63) is 46.7 Å². The van der Waals surface area contributed by atoms with Gasteiger partial charge >= 0.3 is 0 Å². The SMILES string of the molecule is CCN[C@H](C)CNC(=O)c1sccc1-c1ccccc1. The second-order valence-corrected chi connectivity index (χ2v) is 5.61. The summed E-state index contributed by atoms with van der Waals surface area (Å²) >= 11 is 1.49. The van der Waals surface area contributed by atoms with Crippen molar-refractivity contribution >= 4 is 17.2 Å². The molecule has 2 aromatic rings. The molecule has 0 spiro atoms. The molecular weight excluding hydrogens is 268 g/mol. The van der Waals surface area contributed by atoms with E-state index in [1.807, 2.05) is 41.8 Å². The number of benzene rings is 1. The van der Waals surface area contributed by atoms with Crippen molar-refractivity contribution in [1.82, 2.24) is 10.6 Å². The average molecular weight is 288 g/mol. The Morgan fingerprint density at radius 2 is 2.00 bits per heavy atom. The molecule has 2 rings (SSSR count). The van der Waals surface area contributed by atoms with E-state index in [0.717, 1.165) is 22.5 Å². The number of thiophene rings is 1. The maximum atomic E-state index is 12.3. The third kappa shape index (κ3) is 3.68. The Bertz CT molecular complexity index is 551. The molecule has 1 atom stereocenters. The Labute approximate surface area is 124 Å². The molecule has 1 aromatic carbocycles. The highest BCUT2D eigenvalue weighted by Gasteiger charge is 2.14. The molecule has 1 amide bonds. The zero-order valence-electron chi connectivity index (χ0n) is 11.8. The summed E-state index contributed by atoms with van der Waals surface area (Å²) in [6.45, 7) is 5.67. The third-order valence-electron chi connectivity index (χ3n) is 3.08. The van der Waals surface area contributed by atoms with Crippen LogP contribution in [0.3, 0.4) is 0 Å². The predicted molar refractivity (Wildman–Crippen MR) is 85.2 cm³/mol. The number of hydrogen-bond donors (Lipinski definition) is 2. The van der Waals surface area contributed by atoms with Crippen LogP contribution in [-0.2, 0) is 0 Å². The highest BCUT2D eigenvalue weighted by atomic mass is 32.1. The largest absolute Gasteiger partial charge is 0.350 e. The summed E-state index contributed by atoms with van der Waals surface area (Å²) in [6.07, 6.45) is 0. The lowest BCUT2D eigenvalue weighted by molar-refractivity contribution is 0.0955. The summed E-state index contributed by atoms with van der Waals surface area (Å²) in [5.41, 5.74) is 2.09. The minimum absolute atomic E-state index is 0.00334. The van der Waals surface area contributed by atoms with Gasteiger partial charge in [-0.2, -0.15) is 0 Å². The molecule has 106 valence electrons. The molecule has 0 saturated heterocycles. The Balaban J connectivity index is 2.07. The van der Waals surface area contributed by atoms with Gasteiger partial charge in [-0.25, -0.2) is 0 Å². The van der Waals surface area contributed by atoms with E-state index in [1.165, 1.54) is 11.3 Å². The molecule has 2 N–H and O–H groups in total. The maximum absolute atomic E-state index is 12.3. The van der Waals surface area contributed by atoms with Gasteiger partial charge in [0.25, 0.3) is 5.91 Å². The molecule has 4 heteroatoms. The van der Waals surface area contributed by atoms with Crippen LogP contribution >= 0.6 is 11.3 Å². The average Bonchev–Trinajstić information content (AvgIpc) is 2.95. The number of carbonyl (C=O) groups is 1. The molecule has 0 bridgehead atoms. The number of likely N-dealkylation sites (N-methyl/N-ethyl adjacent to an activating group) is 1. The van der Waals surface area contributed by atoms with E-state index in [2.05, 4.69) is 24.5 Å². The third-order valence-corrected chi connectivity index (χ3v) is 3.99. The quantitative estimate of drug-likeness (QED) is 0.857. The van der Waals surface area contributed by atoms with Gasteiger partial charge in [-0.15, -0.1) is 11.3 Å². The van der Waals surface area contributed by atoms with Crippen molar-refractivity contribution in [2.75, 3.05) is 13.1 Å². The van der Waals surface area contributed by atoms with Gasteiger partial charge < -0.3 is 10.6 Å². The fraction of sp³-hybridized carbons (Fsp3) is 0.312. The minimum atomic E-state index is 0.00334. The van der Waals surface area contributed by atoms with Crippen LogP contribution in [0.1, 0.15) is 23.5 Å². The van der Waals surface area contributed by atoms with Gasteiger partial charge in [-0.3, -0.25) is 4.79 Å². The zero-order valence-corrected chi connectivity index (χ0v) is 12.7. The minimum Gasteiger partial charge on any atom is -0.350 e. The van der Waals surface area contributed by atoms with Crippen LogP contribution in [0.25, 0.3) is 11.1 Å². The smallest absolute Gasteiger partial charge is 0.262 e. The lowest BCUT2D eigenvalue weighted by Crippen LogP contribution is -2.38. The second kappa shape index (κ2) is 7.22. The van der Waals surface area contributed by atoms with E-state index in [1.54, 1.807) is 0 Å². The Morgan fingerprint density at radius 1 is 1.25 bits per heavy atom. The van der Waals surface area contributed by atoms with Crippen LogP contribution in [-0.4, -0.2) is 25.0 Å². The van der Waals surface area contributed by atoms with E-state index in [-0.39, 0.29) is 11.9 Å². The molecule has 0 fully saturated rings. The zero-order chi connectivity index (χ0) is 14.4. The molecule has 0 aliphatic heterocycles. The van der Waals surface area contributed by atoms with E-state index in [9.17, 15) is 4.79 Å². The van der Waals surface area contributed by atoms with Gasteiger partial charge in [0.05, 0.1) is 4.88 Å². The molecule has 1 heterocycles. The predicted octanol–water partition coefficient (Wildman–Crippen LogP) is 3.14. The van der Waals surface area contributed by atoms with Crippen molar-refractivity contribution < 1.29 is 4.79 Å². The lowest BCUT2D eigenvalue weighted by atomic mass is 10.1. The van der Waals surface area contributed by atoms with Gasteiger partial charge in [-0.05, 0) is 30.5 Å². The first-order chi connectivity index (χ1) is 9.72. The van der Waals surface area contributed by atoms with Crippen molar-refractivity contribution in [2.24, 2.45) is 0 Å². The van der Waals surface area contributed by atoms with E-state index >= 15 is 0 Å². The molecular formula is C16H20N2OS. The van der Waals surface area contributed by atoms with Crippen molar-refractivity contribution in [3.8, 4) is 11.1 Å². The summed E-state index contributed by atoms with van der Waals surface area (Å²) in [5, 5.41) is 8.23. The van der Waals surface area contributed by atoms with Crippen molar-refractivity contribution in [1.29, 1.82) is 0 Å². The molecule has 0 aliphatic carbocycles. The fourth-order valence-corrected chi connectivity index (χ4v) is 2.91. The topological polar surface area (TPSA) is 41.1 Å². The van der Waals surface area contributed by atoms with Crippen LogP contribution in [0.5, 0.6) is 0 Å². The van der Waals surface area contributed by atoms with Gasteiger partial charge in [0.1, 0.15) is 0 Å². The molecule has 0 radical (unpaired) electrons. The van der Waals surface area contributed by atoms with Crippen LogP contribution < -0.4 is 10.6 Å². The monoisotopic (exact) mass is 288 g/mol. The van der Waals surface area contributed by atoms with E-state index in [0.29, 0.717) is 6.54 Å². The van der Waals surface area contributed by atoms with Crippen LogP contribution in [0.4, 0.5) is 0 Å². The molecule has 0 aliphatic rings. The number of nitrogens with one attached hydrogen (secondary N) is 2. The van der Waals surface area contributed by atoms with Crippen LogP contribution in [0, 0.1) is 0 Å². The Morgan fingerprint density at radius 3 is 2.70 bits per heavy atom. The van der Waals surface area contributed by atoms with E-state index < -0.39 is 0 Å². The Kier molecular flexibility index (Phi) is 5.32.